The highest BCUT2D eigenvalue weighted by molar-refractivity contribution is 6.13. The van der Waals surface area contributed by atoms with Gasteiger partial charge in [-0.2, -0.15) is 0 Å². The maximum absolute atomic E-state index is 13.0. The van der Waals surface area contributed by atoms with Gasteiger partial charge in [-0.25, -0.2) is 4.79 Å². The van der Waals surface area contributed by atoms with Gasteiger partial charge in [-0.05, 0) is 44.7 Å². The summed E-state index contributed by atoms with van der Waals surface area (Å²) in [5, 5.41) is 2.97. The van der Waals surface area contributed by atoms with Gasteiger partial charge in [0.2, 0.25) is 11.8 Å². The fraction of sp³-hybridized carbons (Fsp3) is 0.550. The molecule has 3 rings (SSSR count). The van der Waals surface area contributed by atoms with Crippen LogP contribution in [-0.4, -0.2) is 60.5 Å². The van der Waals surface area contributed by atoms with Gasteiger partial charge in [0.15, 0.2) is 0 Å². The molecule has 0 aromatic heterocycles. The van der Waals surface area contributed by atoms with Crippen molar-refractivity contribution >= 4 is 23.6 Å². The molecule has 1 aliphatic heterocycles. The lowest BCUT2D eigenvalue weighted by Gasteiger charge is -2.35. The average Bonchev–Trinajstić information content (AvgIpc) is 3.46. The van der Waals surface area contributed by atoms with E-state index < -0.39 is 5.41 Å². The third-order valence-electron chi connectivity index (χ3n) is 5.41. The molecule has 3 amide bonds. The molecule has 1 saturated heterocycles. The van der Waals surface area contributed by atoms with Gasteiger partial charge in [-0.15, -0.1) is 0 Å². The van der Waals surface area contributed by atoms with Crippen molar-refractivity contribution < 1.29 is 19.1 Å². The van der Waals surface area contributed by atoms with E-state index in [4.69, 9.17) is 4.74 Å². The van der Waals surface area contributed by atoms with Gasteiger partial charge in [-0.1, -0.05) is 18.2 Å². The summed E-state index contributed by atoms with van der Waals surface area (Å²) in [5.74, 6) is -0.354. The number of hydrogen-bond acceptors (Lipinski definition) is 4. The van der Waals surface area contributed by atoms with Crippen LogP contribution in [-0.2, 0) is 14.3 Å². The largest absolute Gasteiger partial charge is 0.450 e. The summed E-state index contributed by atoms with van der Waals surface area (Å²) in [7, 11) is 0. The molecule has 1 heterocycles. The van der Waals surface area contributed by atoms with E-state index in [9.17, 15) is 14.4 Å². The zero-order chi connectivity index (χ0) is 19.6. The second-order valence-electron chi connectivity index (χ2n) is 7.28. The minimum absolute atomic E-state index is 0.130. The molecule has 1 saturated carbocycles. The van der Waals surface area contributed by atoms with E-state index in [0.29, 0.717) is 45.6 Å². The Bertz CT molecular complexity index is 729. The molecular weight excluding hydrogens is 346 g/mol. The highest BCUT2D eigenvalue weighted by atomic mass is 16.6. The highest BCUT2D eigenvalue weighted by Gasteiger charge is 2.58. The Morgan fingerprint density at radius 2 is 1.59 bits per heavy atom. The zero-order valence-electron chi connectivity index (χ0n) is 16.2. The van der Waals surface area contributed by atoms with Crippen molar-refractivity contribution in [3.8, 4) is 0 Å². The first kappa shape index (κ1) is 19.2. The number of carbonyl (C=O) groups excluding carboxylic acids is 3. The van der Waals surface area contributed by atoms with Crippen LogP contribution in [0.15, 0.2) is 18.2 Å². The fourth-order valence-corrected chi connectivity index (χ4v) is 3.52. The molecule has 1 aliphatic carbocycles. The molecule has 2 aliphatic rings. The lowest BCUT2D eigenvalue weighted by molar-refractivity contribution is -0.143. The van der Waals surface area contributed by atoms with E-state index in [1.165, 1.54) is 0 Å². The van der Waals surface area contributed by atoms with Crippen molar-refractivity contribution in [1.29, 1.82) is 0 Å². The Morgan fingerprint density at radius 1 is 1.04 bits per heavy atom. The van der Waals surface area contributed by atoms with Crippen molar-refractivity contribution in [3.63, 3.8) is 0 Å². The second-order valence-corrected chi connectivity index (χ2v) is 7.28. The maximum Gasteiger partial charge on any atom is 0.409 e. The SMILES string of the molecule is CCOC(=O)N1CCN(C(=O)C2(C(=O)Nc3c(C)cccc3C)CC2)CC1. The van der Waals surface area contributed by atoms with Crippen molar-refractivity contribution in [2.24, 2.45) is 5.41 Å². The van der Waals surface area contributed by atoms with Gasteiger partial charge >= 0.3 is 6.09 Å². The number of hydrogen-bond donors (Lipinski definition) is 1. The minimum Gasteiger partial charge on any atom is -0.450 e. The Hall–Kier alpha value is -2.57. The summed E-state index contributed by atoms with van der Waals surface area (Å²) in [6, 6.07) is 5.83. The van der Waals surface area contributed by atoms with Crippen LogP contribution >= 0.6 is 0 Å². The van der Waals surface area contributed by atoms with Crippen molar-refractivity contribution in [2.75, 3.05) is 38.1 Å². The number of benzene rings is 1. The van der Waals surface area contributed by atoms with Crippen molar-refractivity contribution in [3.05, 3.63) is 29.3 Å². The average molecular weight is 373 g/mol. The number of para-hydroxylation sites is 1. The van der Waals surface area contributed by atoms with E-state index in [1.54, 1.807) is 16.7 Å². The van der Waals surface area contributed by atoms with Crippen molar-refractivity contribution in [1.82, 2.24) is 9.80 Å². The molecular formula is C20H27N3O4. The zero-order valence-corrected chi connectivity index (χ0v) is 16.2. The van der Waals surface area contributed by atoms with Crippen LogP contribution in [0.3, 0.4) is 0 Å². The van der Waals surface area contributed by atoms with E-state index in [1.807, 2.05) is 32.0 Å². The molecule has 0 bridgehead atoms. The van der Waals surface area contributed by atoms with Crippen LogP contribution in [0.2, 0.25) is 0 Å². The van der Waals surface area contributed by atoms with Crippen LogP contribution in [0.1, 0.15) is 30.9 Å². The van der Waals surface area contributed by atoms with Gasteiger partial charge in [0.1, 0.15) is 5.41 Å². The molecule has 7 heteroatoms. The summed E-state index contributed by atoms with van der Waals surface area (Å²) in [5.41, 5.74) is 1.79. The lowest BCUT2D eigenvalue weighted by atomic mass is 10.0. The molecule has 1 aromatic carbocycles. The summed E-state index contributed by atoms with van der Waals surface area (Å²) in [6.45, 7) is 7.70. The first-order valence-electron chi connectivity index (χ1n) is 9.48. The number of aryl methyl sites for hydroxylation is 2. The number of carbonyl (C=O) groups is 3. The number of ether oxygens (including phenoxy) is 1. The van der Waals surface area contributed by atoms with Crippen LogP contribution in [0.4, 0.5) is 10.5 Å². The minimum atomic E-state index is -0.958. The van der Waals surface area contributed by atoms with E-state index >= 15 is 0 Å². The number of nitrogens with one attached hydrogen (secondary N) is 1. The van der Waals surface area contributed by atoms with Gasteiger partial charge in [0.05, 0.1) is 6.61 Å². The van der Waals surface area contributed by atoms with E-state index in [-0.39, 0.29) is 17.9 Å². The second kappa shape index (κ2) is 7.58. The van der Waals surface area contributed by atoms with Gasteiger partial charge in [-0.3, -0.25) is 9.59 Å². The quantitative estimate of drug-likeness (QED) is 0.822. The molecule has 0 spiro atoms. The molecule has 0 radical (unpaired) electrons. The predicted molar refractivity (Wildman–Crippen MR) is 101 cm³/mol. The molecule has 146 valence electrons. The Kier molecular flexibility index (Phi) is 5.39. The Labute approximate surface area is 159 Å². The Morgan fingerprint density at radius 3 is 2.11 bits per heavy atom. The topological polar surface area (TPSA) is 79.0 Å². The molecule has 2 fully saturated rings. The van der Waals surface area contributed by atoms with Gasteiger partial charge in [0, 0.05) is 31.9 Å². The predicted octanol–water partition coefficient (Wildman–Crippen LogP) is 2.32. The summed E-state index contributed by atoms with van der Waals surface area (Å²) < 4.78 is 5.00. The molecule has 27 heavy (non-hydrogen) atoms. The van der Waals surface area contributed by atoms with Gasteiger partial charge < -0.3 is 19.9 Å². The smallest absolute Gasteiger partial charge is 0.409 e. The van der Waals surface area contributed by atoms with Crippen molar-refractivity contribution in [2.45, 2.75) is 33.6 Å². The van der Waals surface area contributed by atoms with Crippen LogP contribution in [0, 0.1) is 19.3 Å². The highest BCUT2D eigenvalue weighted by Crippen LogP contribution is 2.48. The lowest BCUT2D eigenvalue weighted by Crippen LogP contribution is -2.53. The number of amides is 3. The first-order valence-corrected chi connectivity index (χ1v) is 9.48. The van der Waals surface area contributed by atoms with Crippen LogP contribution in [0.5, 0.6) is 0 Å². The van der Waals surface area contributed by atoms with E-state index in [0.717, 1.165) is 16.8 Å². The number of piperazine rings is 1. The fourth-order valence-electron chi connectivity index (χ4n) is 3.52. The third kappa shape index (κ3) is 3.77. The van der Waals surface area contributed by atoms with Crippen LogP contribution in [0.25, 0.3) is 0 Å². The Balaban J connectivity index is 1.63. The molecule has 1 N–H and O–H groups in total. The molecule has 0 unspecified atom stereocenters. The maximum atomic E-state index is 13.0. The number of anilines is 1. The molecule has 7 nitrogen and oxygen atoms in total. The van der Waals surface area contributed by atoms with E-state index in [2.05, 4.69) is 5.32 Å². The molecule has 1 aromatic rings. The monoisotopic (exact) mass is 373 g/mol. The third-order valence-corrected chi connectivity index (χ3v) is 5.41. The first-order chi connectivity index (χ1) is 12.9. The summed E-state index contributed by atoms with van der Waals surface area (Å²) in [6.07, 6.45) is 0.792. The number of nitrogens with zero attached hydrogens (tertiary/aromatic N) is 2. The normalized spacial score (nSPS) is 18.0. The summed E-state index contributed by atoms with van der Waals surface area (Å²) in [4.78, 5) is 41.0. The number of rotatable bonds is 4. The van der Waals surface area contributed by atoms with Crippen LogP contribution < -0.4 is 5.32 Å². The summed E-state index contributed by atoms with van der Waals surface area (Å²) >= 11 is 0. The standard InChI is InChI=1S/C20H27N3O4/c1-4-27-19(26)23-12-10-22(11-13-23)18(25)20(8-9-20)17(24)21-16-14(2)6-5-7-15(16)3/h5-7H,4,8-13H2,1-3H3,(H,21,24). The molecule has 0 atom stereocenters. The van der Waals surface area contributed by atoms with Gasteiger partial charge in [0.25, 0.3) is 0 Å².